The molecule has 2 rings (SSSR count). The van der Waals surface area contributed by atoms with Crippen molar-refractivity contribution in [3.8, 4) is 0 Å². The molecule has 2 aliphatic rings. The van der Waals surface area contributed by atoms with E-state index in [2.05, 4.69) is 79.9 Å². The van der Waals surface area contributed by atoms with Crippen LogP contribution in [0.2, 0.25) is 0 Å². The summed E-state index contributed by atoms with van der Waals surface area (Å²) in [4.78, 5) is 13.3. The van der Waals surface area contributed by atoms with Crippen molar-refractivity contribution in [2.45, 2.75) is 325 Å². The fourth-order valence-electron chi connectivity index (χ4n) is 10.3. The van der Waals surface area contributed by atoms with Gasteiger partial charge in [0.2, 0.25) is 5.91 Å². The van der Waals surface area contributed by atoms with Crippen molar-refractivity contribution in [3.63, 3.8) is 0 Å². The Hall–Kier alpha value is -2.57. The number of ether oxygens (including phenoxy) is 4. The van der Waals surface area contributed by atoms with Crippen LogP contribution in [-0.4, -0.2) is 140 Å². The molecule has 0 spiro atoms. The number of amides is 1. The van der Waals surface area contributed by atoms with Crippen LogP contribution in [0.15, 0.2) is 72.9 Å². The summed E-state index contributed by atoms with van der Waals surface area (Å²) in [6, 6.07) is -0.939. The molecule has 0 saturated carbocycles. The van der Waals surface area contributed by atoms with Crippen LogP contribution in [0, 0.1) is 0 Å². The third-order valence-corrected chi connectivity index (χ3v) is 15.6. The second-order valence-electron chi connectivity index (χ2n) is 22.9. The largest absolute Gasteiger partial charge is 0.394 e. The van der Waals surface area contributed by atoms with E-state index in [1.165, 1.54) is 161 Å². The smallest absolute Gasteiger partial charge is 0.220 e. The number of unbranched alkanes of at least 4 members (excludes halogenated alkanes) is 29. The minimum Gasteiger partial charge on any atom is -0.394 e. The van der Waals surface area contributed by atoms with Crippen LogP contribution in [0.4, 0.5) is 0 Å². The van der Waals surface area contributed by atoms with E-state index >= 15 is 0 Å². The molecular weight excluding hydrogens is 1030 g/mol. The Morgan fingerprint density at radius 2 is 0.827 bits per heavy atom. The molecule has 14 nitrogen and oxygen atoms in total. The molecule has 2 fully saturated rings. The SMILES string of the molecule is CCCCCC/C=C/CC/C=C/CC/C=C/C(O)C(COC1OC(CO)C(OC2OC(CO)C(O)C(O)C2O)C(O)C1O)NC(=O)CCCCCCCCCCCCCCCCCCCC/C=C\C/C=C\C/C=C\CCCCCCC. The number of rotatable bonds is 52. The van der Waals surface area contributed by atoms with E-state index in [-0.39, 0.29) is 18.9 Å². The minimum absolute atomic E-state index is 0.254. The van der Waals surface area contributed by atoms with Gasteiger partial charge in [-0.1, -0.05) is 234 Å². The van der Waals surface area contributed by atoms with Gasteiger partial charge < -0.3 is 65.1 Å². The second-order valence-corrected chi connectivity index (χ2v) is 22.9. The highest BCUT2D eigenvalue weighted by Gasteiger charge is 2.51. The Bertz CT molecular complexity index is 1630. The summed E-state index contributed by atoms with van der Waals surface area (Å²) in [5.74, 6) is -0.254. The maximum atomic E-state index is 13.3. The molecule has 14 heteroatoms. The molecule has 2 heterocycles. The Balaban J connectivity index is 1.65. The van der Waals surface area contributed by atoms with Crippen LogP contribution in [0.3, 0.4) is 0 Å². The molecule has 0 aromatic carbocycles. The molecule has 0 aromatic rings. The van der Waals surface area contributed by atoms with Gasteiger partial charge in [0.15, 0.2) is 12.6 Å². The fraction of sp³-hybridized carbons (Fsp3) is 0.806. The number of carbonyl (C=O) groups excluding carboxylic acids is 1. The Morgan fingerprint density at radius 3 is 1.31 bits per heavy atom. The molecular formula is C67H119NO13. The summed E-state index contributed by atoms with van der Waals surface area (Å²) in [6.07, 6.45) is 52.5. The number of hydrogen-bond donors (Lipinski definition) is 9. The number of carbonyl (C=O) groups is 1. The van der Waals surface area contributed by atoms with Crippen LogP contribution in [0.1, 0.15) is 251 Å². The maximum Gasteiger partial charge on any atom is 0.220 e. The van der Waals surface area contributed by atoms with Crippen LogP contribution in [-0.2, 0) is 23.7 Å². The Labute approximate surface area is 491 Å². The highest BCUT2D eigenvalue weighted by Crippen LogP contribution is 2.30. The van der Waals surface area contributed by atoms with Crippen molar-refractivity contribution in [1.29, 1.82) is 0 Å². The van der Waals surface area contributed by atoms with Crippen molar-refractivity contribution in [2.75, 3.05) is 19.8 Å². The lowest BCUT2D eigenvalue weighted by Crippen LogP contribution is -2.65. The summed E-state index contributed by atoms with van der Waals surface area (Å²) < 4.78 is 22.8. The van der Waals surface area contributed by atoms with E-state index in [9.17, 15) is 45.6 Å². The van der Waals surface area contributed by atoms with Crippen molar-refractivity contribution >= 4 is 5.91 Å². The molecule has 9 N–H and O–H groups in total. The highest BCUT2D eigenvalue weighted by atomic mass is 16.7. The van der Waals surface area contributed by atoms with E-state index in [1.807, 2.05) is 6.08 Å². The number of aliphatic hydroxyl groups excluding tert-OH is 8. The summed E-state index contributed by atoms with van der Waals surface area (Å²) >= 11 is 0. The average molecular weight is 1150 g/mol. The Kier molecular flexibility index (Phi) is 47.7. The van der Waals surface area contributed by atoms with Crippen LogP contribution in [0.25, 0.3) is 0 Å². The van der Waals surface area contributed by atoms with Gasteiger partial charge >= 0.3 is 0 Å². The van der Waals surface area contributed by atoms with Crippen molar-refractivity contribution in [1.82, 2.24) is 5.32 Å². The van der Waals surface area contributed by atoms with Gasteiger partial charge in [0.1, 0.15) is 48.8 Å². The predicted molar refractivity (Wildman–Crippen MR) is 327 cm³/mol. The zero-order valence-corrected chi connectivity index (χ0v) is 50.8. The van der Waals surface area contributed by atoms with Crippen LogP contribution >= 0.6 is 0 Å². The first-order valence-electron chi connectivity index (χ1n) is 32.7. The van der Waals surface area contributed by atoms with Gasteiger partial charge in [-0.05, 0) is 83.5 Å². The average Bonchev–Trinajstić information content (AvgIpc) is 3.63. The van der Waals surface area contributed by atoms with Gasteiger partial charge in [-0.15, -0.1) is 0 Å². The van der Waals surface area contributed by atoms with Gasteiger partial charge in [0.25, 0.3) is 0 Å². The van der Waals surface area contributed by atoms with Gasteiger partial charge in [-0.3, -0.25) is 4.79 Å². The monoisotopic (exact) mass is 1150 g/mol. The minimum atomic E-state index is -1.79. The zero-order chi connectivity index (χ0) is 58.8. The molecule has 0 aromatic heterocycles. The molecule has 1 amide bonds. The van der Waals surface area contributed by atoms with E-state index in [4.69, 9.17) is 18.9 Å². The highest BCUT2D eigenvalue weighted by molar-refractivity contribution is 5.76. The van der Waals surface area contributed by atoms with E-state index in [0.29, 0.717) is 12.8 Å². The molecule has 2 saturated heterocycles. The molecule has 2 aliphatic heterocycles. The quantitative estimate of drug-likeness (QED) is 0.0204. The normalized spacial score (nSPS) is 24.6. The predicted octanol–water partition coefficient (Wildman–Crippen LogP) is 12.3. The first-order chi connectivity index (χ1) is 39.6. The second kappa shape index (κ2) is 51.8. The number of hydrogen-bond acceptors (Lipinski definition) is 13. The first kappa shape index (κ1) is 74.5. The molecule has 470 valence electrons. The van der Waals surface area contributed by atoms with Crippen LogP contribution < -0.4 is 5.32 Å². The zero-order valence-electron chi connectivity index (χ0n) is 50.8. The fourth-order valence-corrected chi connectivity index (χ4v) is 10.3. The topological polar surface area (TPSA) is 228 Å². The lowest BCUT2D eigenvalue weighted by molar-refractivity contribution is -0.359. The van der Waals surface area contributed by atoms with Crippen molar-refractivity contribution < 1.29 is 64.6 Å². The van der Waals surface area contributed by atoms with E-state index < -0.39 is 86.8 Å². The third kappa shape index (κ3) is 36.8. The van der Waals surface area contributed by atoms with Crippen molar-refractivity contribution in [3.05, 3.63) is 72.9 Å². The van der Waals surface area contributed by atoms with Gasteiger partial charge in [0.05, 0.1) is 32.0 Å². The lowest BCUT2D eigenvalue weighted by Gasteiger charge is -2.46. The van der Waals surface area contributed by atoms with Crippen LogP contribution in [0.5, 0.6) is 0 Å². The standard InChI is InChI=1S/C67H119NO13/c1-3-5-7-9-11-13-15-17-19-20-21-22-23-24-25-26-27-28-29-30-31-32-33-34-35-36-37-39-41-43-45-47-49-51-59(72)68-55(56(71)50-48-46-44-42-40-38-18-16-14-12-10-8-6-4-2)54-78-66-64(77)62(75)65(58(53-70)80-66)81-67-63(76)61(74)60(73)57(52-69)79-67/h14-17,20-21,23-24,40,42,48,50,55-58,60-67,69-71,73-77H,3-13,18-19,22,25-39,41,43-47,49,51-54H2,1-2H3,(H,68,72)/b16-14+,17-15-,21-20-,24-23-,42-40+,50-48+. The molecule has 12 atom stereocenters. The van der Waals surface area contributed by atoms with Gasteiger partial charge in [-0.2, -0.15) is 0 Å². The Morgan fingerprint density at radius 1 is 0.444 bits per heavy atom. The van der Waals surface area contributed by atoms with E-state index in [1.54, 1.807) is 6.08 Å². The molecule has 0 bridgehead atoms. The summed E-state index contributed by atoms with van der Waals surface area (Å²) in [5, 5.41) is 87.1. The number of aliphatic hydroxyl groups is 8. The summed E-state index contributed by atoms with van der Waals surface area (Å²) in [5.41, 5.74) is 0. The molecule has 0 radical (unpaired) electrons. The summed E-state index contributed by atoms with van der Waals surface area (Å²) in [6.45, 7) is 2.74. The molecule has 12 unspecified atom stereocenters. The van der Waals surface area contributed by atoms with Gasteiger partial charge in [-0.25, -0.2) is 0 Å². The van der Waals surface area contributed by atoms with E-state index in [0.717, 1.165) is 57.8 Å². The van der Waals surface area contributed by atoms with Crippen molar-refractivity contribution in [2.24, 2.45) is 0 Å². The third-order valence-electron chi connectivity index (χ3n) is 15.6. The summed E-state index contributed by atoms with van der Waals surface area (Å²) in [7, 11) is 0. The maximum absolute atomic E-state index is 13.3. The first-order valence-corrected chi connectivity index (χ1v) is 32.7. The molecule has 0 aliphatic carbocycles. The van der Waals surface area contributed by atoms with Gasteiger partial charge in [0, 0.05) is 6.42 Å². The number of nitrogens with one attached hydrogen (secondary N) is 1. The lowest BCUT2D eigenvalue weighted by atomic mass is 9.97. The number of allylic oxidation sites excluding steroid dienone is 11. The molecule has 81 heavy (non-hydrogen) atoms.